The first-order valence-electron chi connectivity index (χ1n) is 6.96. The van der Waals surface area contributed by atoms with Crippen LogP contribution < -0.4 is 10.0 Å². The summed E-state index contributed by atoms with van der Waals surface area (Å²) in [5, 5.41) is 19.7. The van der Waals surface area contributed by atoms with Crippen molar-refractivity contribution in [3.05, 3.63) is 60.5 Å². The van der Waals surface area contributed by atoms with Gasteiger partial charge < -0.3 is 14.8 Å². The molecule has 1 heterocycles. The minimum absolute atomic E-state index is 0.0921. The van der Waals surface area contributed by atoms with Crippen LogP contribution in [0, 0.1) is 0 Å². The number of phenols is 1. The molecule has 3 N–H and O–H groups in total. The summed E-state index contributed by atoms with van der Waals surface area (Å²) < 4.78 is 31.9. The summed E-state index contributed by atoms with van der Waals surface area (Å²) in [6, 6.07) is 14.5. The van der Waals surface area contributed by atoms with Crippen LogP contribution in [-0.2, 0) is 16.6 Å². The fraction of sp³-hybridized carbons (Fsp3) is 0.0667. The maximum atomic E-state index is 12.1. The number of rotatable bonds is 6. The lowest BCUT2D eigenvalue weighted by Gasteiger charge is -2.04. The minimum Gasteiger partial charge on any atom is -0.508 e. The zero-order valence-corrected chi connectivity index (χ0v) is 13.2. The number of hydrogen-bond donors (Lipinski definition) is 3. The standard InChI is InChI=1S/C15H14N4O4S/c20-12-6-4-5-11(9-12)17-15-19-18-14(23-15)10-16-24(21,22)13-7-2-1-3-8-13/h1-9,16,20H,10H2,(H,17,19). The van der Waals surface area contributed by atoms with Gasteiger partial charge in [-0.15, -0.1) is 5.10 Å². The molecule has 0 atom stereocenters. The van der Waals surface area contributed by atoms with Crippen molar-refractivity contribution in [3.63, 3.8) is 0 Å². The number of nitrogens with one attached hydrogen (secondary N) is 2. The van der Waals surface area contributed by atoms with Crippen molar-refractivity contribution in [2.75, 3.05) is 5.32 Å². The summed E-state index contributed by atoms with van der Waals surface area (Å²) >= 11 is 0. The summed E-state index contributed by atoms with van der Waals surface area (Å²) in [7, 11) is -3.64. The third-order valence-electron chi connectivity index (χ3n) is 3.03. The second kappa shape index (κ2) is 6.69. The van der Waals surface area contributed by atoms with Gasteiger partial charge in [-0.3, -0.25) is 0 Å². The topological polar surface area (TPSA) is 117 Å². The summed E-state index contributed by atoms with van der Waals surface area (Å²) in [5.74, 6) is 0.201. The highest BCUT2D eigenvalue weighted by Crippen LogP contribution is 2.19. The molecule has 2 aromatic carbocycles. The van der Waals surface area contributed by atoms with Gasteiger partial charge in [-0.1, -0.05) is 29.4 Å². The average molecular weight is 346 g/mol. The summed E-state index contributed by atoms with van der Waals surface area (Å²) in [6.07, 6.45) is 0. The Balaban J connectivity index is 1.64. The lowest BCUT2D eigenvalue weighted by atomic mass is 10.3. The predicted molar refractivity (Wildman–Crippen MR) is 86.2 cm³/mol. The summed E-state index contributed by atoms with van der Waals surface area (Å²) in [6.45, 7) is -0.133. The fourth-order valence-electron chi connectivity index (χ4n) is 1.92. The number of sulfonamides is 1. The molecule has 0 aliphatic rings. The Kier molecular flexibility index (Phi) is 4.45. The molecule has 9 heteroatoms. The van der Waals surface area contributed by atoms with Gasteiger partial charge in [0.15, 0.2) is 0 Å². The highest BCUT2D eigenvalue weighted by Gasteiger charge is 2.15. The first kappa shape index (κ1) is 16.0. The Morgan fingerprint density at radius 1 is 1.04 bits per heavy atom. The number of anilines is 2. The van der Waals surface area contributed by atoms with Crippen LogP contribution in [0.1, 0.15) is 5.89 Å². The molecule has 124 valence electrons. The van der Waals surface area contributed by atoms with Gasteiger partial charge in [0.2, 0.25) is 15.9 Å². The number of benzene rings is 2. The predicted octanol–water partition coefficient (Wildman–Crippen LogP) is 2.00. The van der Waals surface area contributed by atoms with Crippen molar-refractivity contribution in [3.8, 4) is 5.75 Å². The number of aromatic nitrogens is 2. The van der Waals surface area contributed by atoms with Gasteiger partial charge >= 0.3 is 6.01 Å². The molecule has 3 rings (SSSR count). The van der Waals surface area contributed by atoms with Crippen LogP contribution in [0.3, 0.4) is 0 Å². The van der Waals surface area contributed by atoms with E-state index in [1.54, 1.807) is 30.3 Å². The molecule has 3 aromatic rings. The molecule has 8 nitrogen and oxygen atoms in total. The van der Waals surface area contributed by atoms with Gasteiger partial charge in [-0.05, 0) is 24.3 Å². The van der Waals surface area contributed by atoms with Crippen LogP contribution in [-0.4, -0.2) is 23.7 Å². The Bertz CT molecular complexity index is 925. The highest BCUT2D eigenvalue weighted by atomic mass is 32.2. The number of hydrogen-bond acceptors (Lipinski definition) is 7. The van der Waals surface area contributed by atoms with Crippen molar-refractivity contribution in [2.24, 2.45) is 0 Å². The number of aromatic hydroxyl groups is 1. The minimum atomic E-state index is -3.64. The molecule has 0 unspecified atom stereocenters. The second-order valence-corrected chi connectivity index (χ2v) is 6.58. The maximum Gasteiger partial charge on any atom is 0.320 e. The molecule has 0 saturated carbocycles. The van der Waals surface area contributed by atoms with Crippen molar-refractivity contribution in [2.45, 2.75) is 11.4 Å². The SMILES string of the molecule is O=S(=O)(NCc1nnc(Nc2cccc(O)c2)o1)c1ccccc1. The van der Waals surface area contributed by atoms with E-state index in [1.807, 2.05) is 0 Å². The Hall–Kier alpha value is -2.91. The van der Waals surface area contributed by atoms with Crippen LogP contribution in [0.4, 0.5) is 11.7 Å². The van der Waals surface area contributed by atoms with Crippen molar-refractivity contribution in [1.29, 1.82) is 0 Å². The van der Waals surface area contributed by atoms with Gasteiger partial charge in [0.1, 0.15) is 5.75 Å². The summed E-state index contributed by atoms with van der Waals surface area (Å²) in [4.78, 5) is 0.155. The van der Waals surface area contributed by atoms with E-state index in [1.165, 1.54) is 24.3 Å². The highest BCUT2D eigenvalue weighted by molar-refractivity contribution is 7.89. The van der Waals surface area contributed by atoms with Gasteiger partial charge in [0.25, 0.3) is 0 Å². The molecule has 0 saturated heterocycles. The lowest BCUT2D eigenvalue weighted by molar-refractivity contribution is 0.475. The molecular formula is C15H14N4O4S. The molecule has 0 radical (unpaired) electrons. The molecule has 0 aliphatic heterocycles. The zero-order chi connectivity index (χ0) is 17.0. The van der Waals surface area contributed by atoms with Crippen LogP contribution in [0.5, 0.6) is 5.75 Å². The fourth-order valence-corrected chi connectivity index (χ4v) is 2.92. The van der Waals surface area contributed by atoms with Crippen molar-refractivity contribution in [1.82, 2.24) is 14.9 Å². The quantitative estimate of drug-likeness (QED) is 0.625. The van der Waals surface area contributed by atoms with E-state index in [-0.39, 0.29) is 29.1 Å². The first-order valence-corrected chi connectivity index (χ1v) is 8.44. The van der Waals surface area contributed by atoms with E-state index < -0.39 is 10.0 Å². The monoisotopic (exact) mass is 346 g/mol. The second-order valence-electron chi connectivity index (χ2n) is 4.81. The van der Waals surface area contributed by atoms with Crippen LogP contribution in [0.25, 0.3) is 0 Å². The smallest absolute Gasteiger partial charge is 0.320 e. The largest absolute Gasteiger partial charge is 0.508 e. The molecule has 1 aromatic heterocycles. The molecule has 0 aliphatic carbocycles. The van der Waals surface area contributed by atoms with Crippen molar-refractivity contribution < 1.29 is 17.9 Å². The van der Waals surface area contributed by atoms with E-state index in [0.717, 1.165) is 0 Å². The van der Waals surface area contributed by atoms with Crippen molar-refractivity contribution >= 4 is 21.7 Å². The third-order valence-corrected chi connectivity index (χ3v) is 4.45. The Morgan fingerprint density at radius 3 is 2.58 bits per heavy atom. The number of nitrogens with zero attached hydrogens (tertiary/aromatic N) is 2. The molecule has 0 bridgehead atoms. The van der Waals surface area contributed by atoms with E-state index >= 15 is 0 Å². The maximum absolute atomic E-state index is 12.1. The van der Waals surface area contributed by atoms with Crippen LogP contribution in [0.15, 0.2) is 63.9 Å². The Labute approximate surface area is 138 Å². The van der Waals surface area contributed by atoms with Crippen LogP contribution >= 0.6 is 0 Å². The summed E-state index contributed by atoms with van der Waals surface area (Å²) in [5.41, 5.74) is 0.565. The van der Waals surface area contributed by atoms with E-state index in [4.69, 9.17) is 4.42 Å². The van der Waals surface area contributed by atoms with Gasteiger partial charge in [0, 0.05) is 11.8 Å². The lowest BCUT2D eigenvalue weighted by Crippen LogP contribution is -2.23. The molecule has 0 spiro atoms. The normalized spacial score (nSPS) is 11.3. The zero-order valence-electron chi connectivity index (χ0n) is 12.4. The average Bonchev–Trinajstić information content (AvgIpc) is 3.01. The molecule has 0 amide bonds. The van der Waals surface area contributed by atoms with Gasteiger partial charge in [0.05, 0.1) is 11.4 Å². The third kappa shape index (κ3) is 3.89. The van der Waals surface area contributed by atoms with E-state index in [0.29, 0.717) is 5.69 Å². The Morgan fingerprint density at radius 2 is 1.83 bits per heavy atom. The number of phenolic OH excluding ortho intramolecular Hbond substituents is 1. The van der Waals surface area contributed by atoms with Gasteiger partial charge in [-0.2, -0.15) is 0 Å². The molecular weight excluding hydrogens is 332 g/mol. The van der Waals surface area contributed by atoms with Gasteiger partial charge in [-0.25, -0.2) is 13.1 Å². The molecule has 24 heavy (non-hydrogen) atoms. The van der Waals surface area contributed by atoms with E-state index in [9.17, 15) is 13.5 Å². The first-order chi connectivity index (χ1) is 11.5. The van der Waals surface area contributed by atoms with Crippen LogP contribution in [0.2, 0.25) is 0 Å². The molecule has 0 fully saturated rings. The van der Waals surface area contributed by atoms with E-state index in [2.05, 4.69) is 20.2 Å².